The largest absolute Gasteiger partial charge is 0.497 e. The van der Waals surface area contributed by atoms with Gasteiger partial charge in [-0.05, 0) is 29.8 Å². The third kappa shape index (κ3) is 4.63. The van der Waals surface area contributed by atoms with Crippen LogP contribution in [-0.4, -0.2) is 26.0 Å². The smallest absolute Gasteiger partial charge is 0.273 e. The van der Waals surface area contributed by atoms with Gasteiger partial charge in [0.05, 0.1) is 26.2 Å². The first kappa shape index (κ1) is 17.6. The van der Waals surface area contributed by atoms with Crippen LogP contribution in [0.2, 0.25) is 5.02 Å². The fraction of sp³-hybridized carbons (Fsp3) is 0.176. The molecule has 0 unspecified atom stereocenters. The summed E-state index contributed by atoms with van der Waals surface area (Å²) in [4.78, 5) is 24.0. The molecule has 0 aromatic heterocycles. The Morgan fingerprint density at radius 2 is 1.71 bits per heavy atom. The highest BCUT2D eigenvalue weighted by Gasteiger charge is 2.14. The van der Waals surface area contributed by atoms with E-state index in [1.165, 1.54) is 14.2 Å². The molecule has 2 aromatic carbocycles. The van der Waals surface area contributed by atoms with Crippen LogP contribution in [0, 0.1) is 0 Å². The van der Waals surface area contributed by atoms with Crippen LogP contribution in [0.15, 0.2) is 42.5 Å². The van der Waals surface area contributed by atoms with Gasteiger partial charge >= 0.3 is 0 Å². The number of hydrazine groups is 1. The number of carbonyl (C=O) groups excluding carboxylic acids is 2. The number of amides is 2. The van der Waals surface area contributed by atoms with Crippen molar-refractivity contribution in [3.05, 3.63) is 58.6 Å². The zero-order chi connectivity index (χ0) is 17.5. The monoisotopic (exact) mass is 348 g/mol. The van der Waals surface area contributed by atoms with Crippen molar-refractivity contribution < 1.29 is 19.1 Å². The summed E-state index contributed by atoms with van der Waals surface area (Å²) < 4.78 is 10.2. The second-order valence-corrected chi connectivity index (χ2v) is 5.31. The number of rotatable bonds is 5. The molecule has 0 saturated heterocycles. The second kappa shape index (κ2) is 8.21. The van der Waals surface area contributed by atoms with Crippen LogP contribution in [0.25, 0.3) is 0 Å². The Hall–Kier alpha value is -2.73. The van der Waals surface area contributed by atoms with Crippen molar-refractivity contribution in [2.75, 3.05) is 14.2 Å². The summed E-state index contributed by atoms with van der Waals surface area (Å²) in [6, 6.07) is 11.7. The number of carbonyl (C=O) groups is 2. The van der Waals surface area contributed by atoms with Gasteiger partial charge < -0.3 is 9.47 Å². The third-order valence-corrected chi connectivity index (χ3v) is 3.50. The molecule has 0 bridgehead atoms. The molecule has 0 spiro atoms. The Labute approximate surface area is 144 Å². The fourth-order valence-corrected chi connectivity index (χ4v) is 2.14. The minimum atomic E-state index is -0.487. The van der Waals surface area contributed by atoms with Gasteiger partial charge in [0.15, 0.2) is 0 Å². The zero-order valence-electron chi connectivity index (χ0n) is 13.3. The van der Waals surface area contributed by atoms with Crippen molar-refractivity contribution in [1.29, 1.82) is 0 Å². The van der Waals surface area contributed by atoms with E-state index in [1.54, 1.807) is 42.5 Å². The van der Waals surface area contributed by atoms with Crippen molar-refractivity contribution in [3.63, 3.8) is 0 Å². The highest BCUT2D eigenvalue weighted by atomic mass is 35.5. The predicted molar refractivity (Wildman–Crippen MR) is 90.3 cm³/mol. The van der Waals surface area contributed by atoms with Gasteiger partial charge in [-0.3, -0.25) is 20.4 Å². The first-order valence-corrected chi connectivity index (χ1v) is 7.47. The normalized spacial score (nSPS) is 9.96. The molecule has 126 valence electrons. The van der Waals surface area contributed by atoms with Gasteiger partial charge in [0.2, 0.25) is 5.91 Å². The van der Waals surface area contributed by atoms with Crippen molar-refractivity contribution in [2.24, 2.45) is 0 Å². The molecular formula is C17H17ClN2O4. The number of methoxy groups -OCH3 is 2. The third-order valence-electron chi connectivity index (χ3n) is 3.25. The van der Waals surface area contributed by atoms with Gasteiger partial charge in [-0.15, -0.1) is 0 Å². The molecule has 0 atom stereocenters. The highest BCUT2D eigenvalue weighted by molar-refractivity contribution is 6.30. The van der Waals surface area contributed by atoms with E-state index in [1.807, 2.05) is 0 Å². The Morgan fingerprint density at radius 1 is 1.00 bits per heavy atom. The van der Waals surface area contributed by atoms with Crippen molar-refractivity contribution in [1.82, 2.24) is 10.9 Å². The Bertz CT molecular complexity index is 732. The lowest BCUT2D eigenvalue weighted by atomic mass is 10.1. The van der Waals surface area contributed by atoms with Crippen LogP contribution in [0.5, 0.6) is 11.5 Å². The van der Waals surface area contributed by atoms with Crippen LogP contribution in [0.4, 0.5) is 0 Å². The fourth-order valence-electron chi connectivity index (χ4n) is 2.01. The lowest BCUT2D eigenvalue weighted by molar-refractivity contribution is -0.121. The summed E-state index contributed by atoms with van der Waals surface area (Å²) in [5, 5.41) is 0.596. The first-order valence-electron chi connectivity index (χ1n) is 7.09. The SMILES string of the molecule is COc1ccc(C(=O)NNC(=O)Cc2ccc(Cl)cc2)c(OC)c1. The summed E-state index contributed by atoms with van der Waals surface area (Å²) in [7, 11) is 2.97. The molecule has 2 amide bonds. The molecule has 0 aliphatic heterocycles. The predicted octanol–water partition coefficient (Wildman–Crippen LogP) is 2.36. The number of ether oxygens (including phenoxy) is 2. The standard InChI is InChI=1S/C17H17ClN2O4/c1-23-13-7-8-14(15(10-13)24-2)17(22)20-19-16(21)9-11-3-5-12(18)6-4-11/h3-8,10H,9H2,1-2H3,(H,19,21)(H,20,22). The maximum Gasteiger partial charge on any atom is 0.273 e. The average molecular weight is 349 g/mol. The summed E-state index contributed by atoms with van der Waals surface area (Å²) in [5.74, 6) is 0.0751. The molecule has 6 nitrogen and oxygen atoms in total. The van der Waals surface area contributed by atoms with E-state index in [4.69, 9.17) is 21.1 Å². The Morgan fingerprint density at radius 3 is 2.33 bits per heavy atom. The van der Waals surface area contributed by atoms with E-state index >= 15 is 0 Å². The quantitative estimate of drug-likeness (QED) is 0.813. The lowest BCUT2D eigenvalue weighted by Gasteiger charge is -2.11. The minimum Gasteiger partial charge on any atom is -0.497 e. The highest BCUT2D eigenvalue weighted by Crippen LogP contribution is 2.24. The maximum absolute atomic E-state index is 12.2. The lowest BCUT2D eigenvalue weighted by Crippen LogP contribution is -2.42. The van der Waals surface area contributed by atoms with Gasteiger partial charge in [0.1, 0.15) is 11.5 Å². The molecule has 0 aliphatic carbocycles. The summed E-state index contributed by atoms with van der Waals surface area (Å²) in [5.41, 5.74) is 5.79. The van der Waals surface area contributed by atoms with Crippen LogP contribution in [0.3, 0.4) is 0 Å². The molecule has 0 fully saturated rings. The van der Waals surface area contributed by atoms with Crippen molar-refractivity contribution in [3.8, 4) is 11.5 Å². The van der Waals surface area contributed by atoms with Gasteiger partial charge in [-0.2, -0.15) is 0 Å². The van der Waals surface area contributed by atoms with Crippen LogP contribution >= 0.6 is 11.6 Å². The molecular weight excluding hydrogens is 332 g/mol. The molecule has 0 aliphatic rings. The number of hydrogen-bond donors (Lipinski definition) is 2. The average Bonchev–Trinajstić information content (AvgIpc) is 2.61. The number of benzene rings is 2. The first-order chi connectivity index (χ1) is 11.5. The number of hydrogen-bond acceptors (Lipinski definition) is 4. The van der Waals surface area contributed by atoms with E-state index in [-0.39, 0.29) is 17.9 Å². The van der Waals surface area contributed by atoms with E-state index in [0.29, 0.717) is 16.5 Å². The van der Waals surface area contributed by atoms with E-state index in [2.05, 4.69) is 10.9 Å². The molecule has 2 aromatic rings. The second-order valence-electron chi connectivity index (χ2n) is 4.87. The van der Waals surface area contributed by atoms with Crippen LogP contribution < -0.4 is 20.3 Å². The summed E-state index contributed by atoms with van der Waals surface area (Å²) in [6.07, 6.45) is 0.122. The van der Waals surface area contributed by atoms with Crippen LogP contribution in [-0.2, 0) is 11.2 Å². The molecule has 0 heterocycles. The minimum absolute atomic E-state index is 0.122. The summed E-state index contributed by atoms with van der Waals surface area (Å²) >= 11 is 5.79. The topological polar surface area (TPSA) is 76.7 Å². The van der Waals surface area contributed by atoms with Crippen molar-refractivity contribution >= 4 is 23.4 Å². The van der Waals surface area contributed by atoms with Gasteiger partial charge in [-0.25, -0.2) is 0 Å². The van der Waals surface area contributed by atoms with Gasteiger partial charge in [0.25, 0.3) is 5.91 Å². The molecule has 2 rings (SSSR count). The molecule has 0 saturated carbocycles. The molecule has 7 heteroatoms. The Balaban J connectivity index is 1.95. The van der Waals surface area contributed by atoms with Crippen molar-refractivity contribution in [2.45, 2.75) is 6.42 Å². The molecule has 0 radical (unpaired) electrons. The molecule has 24 heavy (non-hydrogen) atoms. The van der Waals surface area contributed by atoms with E-state index in [9.17, 15) is 9.59 Å². The number of nitrogens with one attached hydrogen (secondary N) is 2. The van der Waals surface area contributed by atoms with Gasteiger partial charge in [0, 0.05) is 11.1 Å². The summed E-state index contributed by atoms with van der Waals surface area (Å²) in [6.45, 7) is 0. The van der Waals surface area contributed by atoms with Gasteiger partial charge in [-0.1, -0.05) is 23.7 Å². The maximum atomic E-state index is 12.2. The molecule has 2 N–H and O–H groups in total. The van der Waals surface area contributed by atoms with Crippen LogP contribution in [0.1, 0.15) is 15.9 Å². The Kier molecular flexibility index (Phi) is 6.03. The zero-order valence-corrected chi connectivity index (χ0v) is 14.0. The van der Waals surface area contributed by atoms with E-state index in [0.717, 1.165) is 5.56 Å². The number of halogens is 1. The van der Waals surface area contributed by atoms with E-state index < -0.39 is 5.91 Å².